The summed E-state index contributed by atoms with van der Waals surface area (Å²) in [5.74, 6) is -0.194. The van der Waals surface area contributed by atoms with Crippen molar-refractivity contribution in [3.05, 3.63) is 38.5 Å². The molecule has 0 aliphatic carbocycles. The van der Waals surface area contributed by atoms with E-state index in [9.17, 15) is 10.1 Å². The Morgan fingerprint density at radius 3 is 2.35 bits per heavy atom. The van der Waals surface area contributed by atoms with Crippen LogP contribution in [0.2, 0.25) is 15.1 Å². The summed E-state index contributed by atoms with van der Waals surface area (Å²) in [7, 11) is 0. The van der Waals surface area contributed by atoms with Gasteiger partial charge in [0.05, 0.1) is 26.4 Å². The lowest BCUT2D eigenvalue weighted by Crippen LogP contribution is -2.33. The summed E-state index contributed by atoms with van der Waals surface area (Å²) in [6.07, 6.45) is 4.17. The highest BCUT2D eigenvalue weighted by molar-refractivity contribution is 6.48. The number of nitrogens with zero attached hydrogens (tertiary/aromatic N) is 4. The summed E-state index contributed by atoms with van der Waals surface area (Å²) in [6, 6.07) is 5.38. The molecule has 0 aliphatic heterocycles. The smallest absolute Gasteiger partial charge is 0.223 e. The first-order valence-corrected chi connectivity index (χ1v) is 11.6. The first-order chi connectivity index (χ1) is 14.8. The predicted molar refractivity (Wildman–Crippen MR) is 127 cm³/mol. The highest BCUT2D eigenvalue weighted by Crippen LogP contribution is 2.37. The fourth-order valence-electron chi connectivity index (χ4n) is 3.43. The third kappa shape index (κ3) is 5.85. The monoisotopic (exact) mass is 483 g/mol. The molecule has 0 saturated heterocycles. The molecule has 9 heteroatoms. The molecular formula is C22H28Cl3N5O. The molecule has 168 valence electrons. The molecule has 1 amide bonds. The van der Waals surface area contributed by atoms with Gasteiger partial charge in [-0.2, -0.15) is 5.26 Å². The number of aromatic nitrogens is 2. The van der Waals surface area contributed by atoms with Crippen molar-refractivity contribution in [1.29, 1.82) is 5.26 Å². The van der Waals surface area contributed by atoms with E-state index in [-0.39, 0.29) is 39.7 Å². The van der Waals surface area contributed by atoms with Crippen molar-refractivity contribution in [2.45, 2.75) is 58.8 Å². The maximum absolute atomic E-state index is 13.1. The van der Waals surface area contributed by atoms with Gasteiger partial charge in [-0.15, -0.1) is 5.10 Å². The van der Waals surface area contributed by atoms with Crippen LogP contribution in [-0.4, -0.2) is 33.7 Å². The summed E-state index contributed by atoms with van der Waals surface area (Å²) in [5.41, 5.74) is 7.23. The van der Waals surface area contributed by atoms with Gasteiger partial charge in [0.15, 0.2) is 5.82 Å². The van der Waals surface area contributed by atoms with Gasteiger partial charge in [0.2, 0.25) is 5.91 Å². The molecule has 2 N–H and O–H groups in total. The first kappa shape index (κ1) is 25.3. The van der Waals surface area contributed by atoms with E-state index in [1.807, 2.05) is 11.8 Å². The van der Waals surface area contributed by atoms with Crippen LogP contribution in [0, 0.1) is 11.3 Å². The zero-order valence-electron chi connectivity index (χ0n) is 18.1. The van der Waals surface area contributed by atoms with Crippen LogP contribution in [0.5, 0.6) is 0 Å². The normalized spacial score (nSPS) is 11.9. The lowest BCUT2D eigenvalue weighted by Gasteiger charge is -2.24. The van der Waals surface area contributed by atoms with E-state index < -0.39 is 0 Å². The standard InChI is InChI=1S/C22H28Cl3N5O/c1-4-6-10-29(11-7-5-2)18(31)12-14(3)21-15(13-26)22(27)28-30(21)17-9-8-16(23)19(24)20(17)25/h8-9,14H,4-7,10-12H2,1-3H3,(H2,27,28). The predicted octanol–water partition coefficient (Wildman–Crippen LogP) is 6.21. The lowest BCUT2D eigenvalue weighted by atomic mass is 9.98. The van der Waals surface area contributed by atoms with Crippen LogP contribution in [0.4, 0.5) is 5.82 Å². The summed E-state index contributed by atoms with van der Waals surface area (Å²) >= 11 is 18.7. The van der Waals surface area contributed by atoms with Crippen LogP contribution < -0.4 is 5.73 Å². The Kier molecular flexibility index (Phi) is 9.49. The number of carbonyl (C=O) groups excluding carboxylic acids is 1. The van der Waals surface area contributed by atoms with E-state index in [2.05, 4.69) is 25.0 Å². The van der Waals surface area contributed by atoms with Gasteiger partial charge in [-0.3, -0.25) is 4.79 Å². The molecule has 31 heavy (non-hydrogen) atoms. The van der Waals surface area contributed by atoms with Crippen LogP contribution in [0.1, 0.15) is 70.1 Å². The molecule has 6 nitrogen and oxygen atoms in total. The van der Waals surface area contributed by atoms with Gasteiger partial charge in [-0.05, 0) is 25.0 Å². The van der Waals surface area contributed by atoms with Crippen LogP contribution in [0.15, 0.2) is 12.1 Å². The molecule has 1 unspecified atom stereocenters. The van der Waals surface area contributed by atoms with Crippen molar-refractivity contribution in [3.8, 4) is 11.8 Å². The Morgan fingerprint density at radius 2 is 1.81 bits per heavy atom. The average Bonchev–Trinajstić information content (AvgIpc) is 3.08. The maximum Gasteiger partial charge on any atom is 0.223 e. The molecule has 1 aromatic carbocycles. The van der Waals surface area contributed by atoms with Gasteiger partial charge in [0.25, 0.3) is 0 Å². The molecule has 1 aromatic heterocycles. The molecular weight excluding hydrogens is 457 g/mol. The molecule has 2 rings (SSSR count). The summed E-state index contributed by atoms with van der Waals surface area (Å²) in [5, 5.41) is 14.7. The third-order valence-corrected chi connectivity index (χ3v) is 6.45. The van der Waals surface area contributed by atoms with Crippen molar-refractivity contribution >= 4 is 46.5 Å². The number of rotatable bonds is 10. The minimum Gasteiger partial charge on any atom is -0.381 e. The first-order valence-electron chi connectivity index (χ1n) is 10.5. The third-order valence-electron chi connectivity index (χ3n) is 5.17. The van der Waals surface area contributed by atoms with E-state index in [0.717, 1.165) is 38.8 Å². The molecule has 1 heterocycles. The van der Waals surface area contributed by atoms with E-state index in [0.29, 0.717) is 16.4 Å². The fraction of sp³-hybridized carbons (Fsp3) is 0.500. The summed E-state index contributed by atoms with van der Waals surface area (Å²) in [4.78, 5) is 15.0. The number of nitrogen functional groups attached to an aromatic ring is 1. The number of anilines is 1. The topological polar surface area (TPSA) is 87.9 Å². The quantitative estimate of drug-likeness (QED) is 0.406. The molecule has 0 bridgehead atoms. The zero-order chi connectivity index (χ0) is 23.1. The second-order valence-corrected chi connectivity index (χ2v) is 8.72. The van der Waals surface area contributed by atoms with Gasteiger partial charge in [0, 0.05) is 25.4 Å². The number of carbonyl (C=O) groups is 1. The van der Waals surface area contributed by atoms with Gasteiger partial charge in [0.1, 0.15) is 11.6 Å². The van der Waals surface area contributed by atoms with Crippen LogP contribution in [0.25, 0.3) is 5.69 Å². The number of hydrogen-bond donors (Lipinski definition) is 1. The molecule has 0 saturated carbocycles. The molecule has 0 aliphatic rings. The van der Waals surface area contributed by atoms with E-state index in [4.69, 9.17) is 40.5 Å². The Balaban J connectivity index is 2.42. The highest BCUT2D eigenvalue weighted by atomic mass is 35.5. The molecule has 0 fully saturated rings. The SMILES string of the molecule is CCCCN(CCCC)C(=O)CC(C)c1c(C#N)c(N)nn1-c1ccc(Cl)c(Cl)c1Cl. The molecule has 0 spiro atoms. The number of nitrogens with two attached hydrogens (primary N) is 1. The lowest BCUT2D eigenvalue weighted by molar-refractivity contribution is -0.131. The average molecular weight is 485 g/mol. The van der Waals surface area contributed by atoms with Crippen LogP contribution in [-0.2, 0) is 4.79 Å². The fourth-order valence-corrected chi connectivity index (χ4v) is 4.04. The van der Waals surface area contributed by atoms with Crippen LogP contribution in [0.3, 0.4) is 0 Å². The second-order valence-electron chi connectivity index (χ2n) is 7.56. The van der Waals surface area contributed by atoms with Gasteiger partial charge in [-0.1, -0.05) is 68.4 Å². The summed E-state index contributed by atoms with van der Waals surface area (Å²) in [6.45, 7) is 7.55. The molecule has 0 radical (unpaired) electrons. The van der Waals surface area contributed by atoms with Gasteiger partial charge in [-0.25, -0.2) is 4.68 Å². The van der Waals surface area contributed by atoms with E-state index in [1.165, 1.54) is 4.68 Å². The number of nitriles is 1. The number of benzene rings is 1. The summed E-state index contributed by atoms with van der Waals surface area (Å²) < 4.78 is 1.50. The molecule has 2 aromatic rings. The number of halogens is 3. The minimum absolute atomic E-state index is 0.0462. The van der Waals surface area contributed by atoms with Crippen molar-refractivity contribution in [1.82, 2.24) is 14.7 Å². The Bertz CT molecular complexity index is 959. The number of unbranched alkanes of at least 4 members (excludes halogenated alkanes) is 2. The Labute approximate surface area is 198 Å². The van der Waals surface area contributed by atoms with Crippen molar-refractivity contribution < 1.29 is 4.79 Å². The van der Waals surface area contributed by atoms with Gasteiger partial charge >= 0.3 is 0 Å². The van der Waals surface area contributed by atoms with E-state index >= 15 is 0 Å². The molecule has 1 atom stereocenters. The van der Waals surface area contributed by atoms with Gasteiger partial charge < -0.3 is 10.6 Å². The Hall–Kier alpha value is -1.94. The highest BCUT2D eigenvalue weighted by Gasteiger charge is 2.27. The van der Waals surface area contributed by atoms with Crippen LogP contribution >= 0.6 is 34.8 Å². The Morgan fingerprint density at radius 1 is 1.19 bits per heavy atom. The largest absolute Gasteiger partial charge is 0.381 e. The second kappa shape index (κ2) is 11.6. The zero-order valence-corrected chi connectivity index (χ0v) is 20.4. The number of hydrogen-bond acceptors (Lipinski definition) is 4. The van der Waals surface area contributed by atoms with Crippen molar-refractivity contribution in [2.24, 2.45) is 0 Å². The van der Waals surface area contributed by atoms with Crippen molar-refractivity contribution in [2.75, 3.05) is 18.8 Å². The van der Waals surface area contributed by atoms with E-state index in [1.54, 1.807) is 12.1 Å². The minimum atomic E-state index is -0.316. The van der Waals surface area contributed by atoms with Crippen molar-refractivity contribution in [3.63, 3.8) is 0 Å². The number of amides is 1. The maximum atomic E-state index is 13.1.